The fourth-order valence-corrected chi connectivity index (χ4v) is 3.61. The van der Waals surface area contributed by atoms with Crippen LogP contribution in [0.25, 0.3) is 0 Å². The molecular weight excluding hydrogens is 302 g/mol. The van der Waals surface area contributed by atoms with Gasteiger partial charge in [0.2, 0.25) is 11.8 Å². The first-order valence-electron chi connectivity index (χ1n) is 8.83. The number of likely N-dealkylation sites (tertiary alicyclic amines) is 1. The van der Waals surface area contributed by atoms with Crippen LogP contribution in [0.5, 0.6) is 0 Å². The number of aryl methyl sites for hydroxylation is 1. The first kappa shape index (κ1) is 17.0. The number of hydrogen-bond acceptors (Lipinski definition) is 3. The lowest BCUT2D eigenvalue weighted by molar-refractivity contribution is -0.145. The van der Waals surface area contributed by atoms with Crippen molar-refractivity contribution in [2.75, 3.05) is 39.8 Å². The van der Waals surface area contributed by atoms with Crippen LogP contribution in [0.2, 0.25) is 0 Å². The lowest BCUT2D eigenvalue weighted by Crippen LogP contribution is -2.51. The van der Waals surface area contributed by atoms with E-state index in [0.717, 1.165) is 39.1 Å². The number of piperidine rings is 1. The largest absolute Gasteiger partial charge is 0.346 e. The van der Waals surface area contributed by atoms with E-state index in [1.807, 2.05) is 11.9 Å². The van der Waals surface area contributed by atoms with Gasteiger partial charge in [-0.3, -0.25) is 14.5 Å². The van der Waals surface area contributed by atoms with Crippen LogP contribution in [0.4, 0.5) is 0 Å². The molecule has 1 aromatic carbocycles. The number of amides is 2. The molecule has 0 radical (unpaired) electrons. The third kappa shape index (κ3) is 3.96. The minimum atomic E-state index is -0.114. The summed E-state index contributed by atoms with van der Waals surface area (Å²) in [6.07, 6.45) is 1.17. The highest BCUT2D eigenvalue weighted by Crippen LogP contribution is 2.21. The molecule has 5 heteroatoms. The lowest BCUT2D eigenvalue weighted by atomic mass is 9.94. The van der Waals surface area contributed by atoms with Gasteiger partial charge in [-0.1, -0.05) is 29.8 Å². The average molecular weight is 329 g/mol. The van der Waals surface area contributed by atoms with Gasteiger partial charge in [-0.25, -0.2) is 0 Å². The molecule has 0 bridgehead atoms. The summed E-state index contributed by atoms with van der Waals surface area (Å²) >= 11 is 0. The Hall–Kier alpha value is -1.88. The highest BCUT2D eigenvalue weighted by atomic mass is 16.2. The highest BCUT2D eigenvalue weighted by molar-refractivity contribution is 5.87. The maximum Gasteiger partial charge on any atom is 0.226 e. The quantitative estimate of drug-likeness (QED) is 0.844. The molecule has 3 rings (SSSR count). The maximum absolute atomic E-state index is 12.7. The SMILES string of the molecule is Cc1cccc(CN2CCN(C(=O)[C@@H]3CCN(C)C(=O)C3)CC2)c1. The molecule has 1 aromatic rings. The molecule has 2 amide bonds. The second-order valence-corrected chi connectivity index (χ2v) is 7.10. The van der Waals surface area contributed by atoms with Gasteiger partial charge in [-0.15, -0.1) is 0 Å². The summed E-state index contributed by atoms with van der Waals surface area (Å²) in [5, 5.41) is 0. The van der Waals surface area contributed by atoms with Gasteiger partial charge in [-0.2, -0.15) is 0 Å². The standard InChI is InChI=1S/C19H27N3O2/c1-15-4-3-5-16(12-15)14-21-8-10-22(11-9-21)19(24)17-6-7-20(2)18(23)13-17/h3-5,12,17H,6-11,13-14H2,1-2H3/t17-/m1/s1. The van der Waals surface area contributed by atoms with Crippen LogP contribution in [0, 0.1) is 12.8 Å². The molecule has 0 saturated carbocycles. The van der Waals surface area contributed by atoms with Crippen molar-refractivity contribution >= 4 is 11.8 Å². The van der Waals surface area contributed by atoms with E-state index in [2.05, 4.69) is 36.1 Å². The molecule has 2 heterocycles. The summed E-state index contributed by atoms with van der Waals surface area (Å²) in [4.78, 5) is 30.6. The zero-order valence-electron chi connectivity index (χ0n) is 14.7. The van der Waals surface area contributed by atoms with E-state index in [1.165, 1.54) is 11.1 Å². The van der Waals surface area contributed by atoms with Gasteiger partial charge in [0.15, 0.2) is 0 Å². The summed E-state index contributed by atoms with van der Waals surface area (Å²) in [6.45, 7) is 7.10. The summed E-state index contributed by atoms with van der Waals surface area (Å²) in [7, 11) is 1.81. The van der Waals surface area contributed by atoms with Gasteiger partial charge >= 0.3 is 0 Å². The Labute approximate surface area is 144 Å². The number of rotatable bonds is 3. The molecule has 2 aliphatic heterocycles. The zero-order chi connectivity index (χ0) is 17.1. The minimum absolute atomic E-state index is 0.0951. The molecule has 2 fully saturated rings. The van der Waals surface area contributed by atoms with Crippen molar-refractivity contribution in [2.24, 2.45) is 5.92 Å². The van der Waals surface area contributed by atoms with Gasteiger partial charge in [0.05, 0.1) is 0 Å². The molecule has 0 unspecified atom stereocenters. The number of nitrogens with zero attached hydrogens (tertiary/aromatic N) is 3. The van der Waals surface area contributed by atoms with Crippen LogP contribution in [0.1, 0.15) is 24.0 Å². The van der Waals surface area contributed by atoms with Gasteiger partial charge in [0.25, 0.3) is 0 Å². The monoisotopic (exact) mass is 329 g/mol. The molecule has 2 saturated heterocycles. The highest BCUT2D eigenvalue weighted by Gasteiger charge is 2.32. The first-order valence-corrected chi connectivity index (χ1v) is 8.83. The zero-order valence-corrected chi connectivity index (χ0v) is 14.7. The number of carbonyl (C=O) groups excluding carboxylic acids is 2. The molecule has 130 valence electrons. The summed E-state index contributed by atoms with van der Waals surface area (Å²) in [5.41, 5.74) is 2.61. The van der Waals surface area contributed by atoms with Crippen molar-refractivity contribution in [1.29, 1.82) is 0 Å². The third-order valence-electron chi connectivity index (χ3n) is 5.18. The molecule has 24 heavy (non-hydrogen) atoms. The van der Waals surface area contributed by atoms with Crippen molar-refractivity contribution in [1.82, 2.24) is 14.7 Å². The Kier molecular flexibility index (Phi) is 5.19. The van der Waals surface area contributed by atoms with Crippen LogP contribution in [0.15, 0.2) is 24.3 Å². The van der Waals surface area contributed by atoms with E-state index in [-0.39, 0.29) is 17.7 Å². The fraction of sp³-hybridized carbons (Fsp3) is 0.579. The third-order valence-corrected chi connectivity index (χ3v) is 5.18. The lowest BCUT2D eigenvalue weighted by Gasteiger charge is -2.38. The van der Waals surface area contributed by atoms with E-state index in [0.29, 0.717) is 13.0 Å². The Morgan fingerprint density at radius 2 is 1.92 bits per heavy atom. The van der Waals surface area contributed by atoms with E-state index in [4.69, 9.17) is 0 Å². The predicted molar refractivity (Wildman–Crippen MR) is 93.4 cm³/mol. The first-order chi connectivity index (χ1) is 11.5. The number of benzene rings is 1. The summed E-state index contributed by atoms with van der Waals surface area (Å²) in [6, 6.07) is 8.60. The van der Waals surface area contributed by atoms with Crippen molar-refractivity contribution in [3.8, 4) is 0 Å². The Balaban J connectivity index is 1.49. The van der Waals surface area contributed by atoms with E-state index in [1.54, 1.807) is 4.90 Å². The van der Waals surface area contributed by atoms with Crippen molar-refractivity contribution in [3.63, 3.8) is 0 Å². The van der Waals surface area contributed by atoms with Gasteiger partial charge in [0.1, 0.15) is 0 Å². The Bertz CT molecular complexity index is 608. The molecule has 0 aliphatic carbocycles. The van der Waals surface area contributed by atoms with Crippen LogP contribution >= 0.6 is 0 Å². The molecule has 1 atom stereocenters. The van der Waals surface area contributed by atoms with Crippen LogP contribution in [-0.2, 0) is 16.1 Å². The number of piperazine rings is 1. The molecule has 0 spiro atoms. The Morgan fingerprint density at radius 1 is 1.17 bits per heavy atom. The smallest absolute Gasteiger partial charge is 0.226 e. The van der Waals surface area contributed by atoms with E-state index >= 15 is 0 Å². The average Bonchev–Trinajstić information content (AvgIpc) is 2.57. The van der Waals surface area contributed by atoms with Crippen molar-refractivity contribution < 1.29 is 9.59 Å². The van der Waals surface area contributed by atoms with Crippen LogP contribution in [-0.4, -0.2) is 66.3 Å². The Morgan fingerprint density at radius 3 is 2.58 bits per heavy atom. The second kappa shape index (κ2) is 7.34. The van der Waals surface area contributed by atoms with Crippen LogP contribution in [0.3, 0.4) is 0 Å². The summed E-state index contributed by atoms with van der Waals surface area (Å²) in [5.74, 6) is 0.154. The van der Waals surface area contributed by atoms with Gasteiger partial charge in [-0.05, 0) is 18.9 Å². The summed E-state index contributed by atoms with van der Waals surface area (Å²) < 4.78 is 0. The normalized spacial score (nSPS) is 22.8. The molecule has 2 aliphatic rings. The van der Waals surface area contributed by atoms with Crippen molar-refractivity contribution in [2.45, 2.75) is 26.3 Å². The topological polar surface area (TPSA) is 43.9 Å². The molecule has 5 nitrogen and oxygen atoms in total. The molecule has 0 aromatic heterocycles. The predicted octanol–water partition coefficient (Wildman–Crippen LogP) is 1.51. The number of carbonyl (C=O) groups is 2. The molecule has 0 N–H and O–H groups in total. The van der Waals surface area contributed by atoms with Crippen molar-refractivity contribution in [3.05, 3.63) is 35.4 Å². The van der Waals surface area contributed by atoms with Gasteiger partial charge < -0.3 is 9.80 Å². The fourth-order valence-electron chi connectivity index (χ4n) is 3.61. The van der Waals surface area contributed by atoms with Gasteiger partial charge in [0, 0.05) is 58.7 Å². The number of hydrogen-bond donors (Lipinski definition) is 0. The van der Waals surface area contributed by atoms with Crippen LogP contribution < -0.4 is 0 Å². The second-order valence-electron chi connectivity index (χ2n) is 7.10. The maximum atomic E-state index is 12.7. The van der Waals surface area contributed by atoms with E-state index in [9.17, 15) is 9.59 Å². The van der Waals surface area contributed by atoms with E-state index < -0.39 is 0 Å². The molecular formula is C19H27N3O2. The minimum Gasteiger partial charge on any atom is -0.346 e.